The maximum absolute atomic E-state index is 13.5. The monoisotopic (exact) mass is 609 g/mol. The van der Waals surface area contributed by atoms with Crippen LogP contribution in [-0.2, 0) is 14.8 Å². The fourth-order valence-electron chi connectivity index (χ4n) is 4.93. The number of hydrogen-bond acceptors (Lipinski definition) is 7. The number of nitrogens with zero attached hydrogens (tertiary/aromatic N) is 5. The predicted octanol–water partition coefficient (Wildman–Crippen LogP) is 4.17. The number of carbonyl (C=O) groups excluding carboxylic acids is 1. The maximum Gasteiger partial charge on any atom is 0.410 e. The van der Waals surface area contributed by atoms with Gasteiger partial charge in [-0.15, -0.1) is 0 Å². The minimum absolute atomic E-state index is 0.0195. The Morgan fingerprint density at radius 3 is 2.31 bits per heavy atom. The molecule has 2 fully saturated rings. The first-order chi connectivity index (χ1) is 16.5. The van der Waals surface area contributed by atoms with E-state index in [0.717, 1.165) is 18.4 Å². The van der Waals surface area contributed by atoms with Gasteiger partial charge in [-0.3, -0.25) is 4.90 Å². The minimum atomic E-state index is -3.83. The molecule has 2 aliphatic heterocycles. The van der Waals surface area contributed by atoms with E-state index in [9.17, 15) is 13.2 Å². The third-order valence-corrected chi connectivity index (χ3v) is 9.28. The lowest BCUT2D eigenvalue weighted by atomic mass is 10.1. The molecular formula is C24H28IN5O4S. The Morgan fingerprint density at radius 1 is 1.09 bits per heavy atom. The van der Waals surface area contributed by atoms with Crippen LogP contribution in [0.4, 0.5) is 10.6 Å². The summed E-state index contributed by atoms with van der Waals surface area (Å²) in [6.07, 6.45) is 2.93. The first-order valence-electron chi connectivity index (χ1n) is 11.6. The topological polar surface area (TPSA) is 97.6 Å². The van der Waals surface area contributed by atoms with Gasteiger partial charge in [0.25, 0.3) is 10.0 Å². The summed E-state index contributed by atoms with van der Waals surface area (Å²) in [5, 5.41) is 0.678. The number of carbonyl (C=O) groups is 1. The number of rotatable bonds is 3. The zero-order valence-electron chi connectivity index (χ0n) is 20.1. The molecule has 2 bridgehead atoms. The lowest BCUT2D eigenvalue weighted by Crippen LogP contribution is -2.57. The van der Waals surface area contributed by atoms with E-state index in [1.807, 2.05) is 61.3 Å². The van der Waals surface area contributed by atoms with Crippen LogP contribution in [0.1, 0.15) is 39.2 Å². The molecule has 0 spiro atoms. The van der Waals surface area contributed by atoms with Gasteiger partial charge >= 0.3 is 6.09 Å². The SMILES string of the molecule is Cc1ccc(S(=O)(=O)n2c(I)cc3c(N4CC5CCC(C4)N5C(=O)OC(C)(C)C)ncnc32)cc1. The molecule has 0 saturated carbocycles. The molecule has 2 aromatic heterocycles. The summed E-state index contributed by atoms with van der Waals surface area (Å²) in [6.45, 7) is 8.75. The molecule has 2 saturated heterocycles. The number of ether oxygens (including phenoxy) is 1. The smallest absolute Gasteiger partial charge is 0.410 e. The van der Waals surface area contributed by atoms with Crippen LogP contribution in [0.25, 0.3) is 11.0 Å². The number of anilines is 1. The van der Waals surface area contributed by atoms with E-state index >= 15 is 0 Å². The van der Waals surface area contributed by atoms with Crippen molar-refractivity contribution in [1.29, 1.82) is 0 Å². The van der Waals surface area contributed by atoms with Gasteiger partial charge in [-0.25, -0.2) is 27.2 Å². The number of aryl methyl sites for hydroxylation is 1. The third-order valence-electron chi connectivity index (χ3n) is 6.44. The number of piperazine rings is 1. The van der Waals surface area contributed by atoms with Crippen LogP contribution in [0.2, 0.25) is 0 Å². The molecule has 3 aromatic rings. The second kappa shape index (κ2) is 8.61. The van der Waals surface area contributed by atoms with Crippen molar-refractivity contribution in [2.75, 3.05) is 18.0 Å². The lowest BCUT2D eigenvalue weighted by Gasteiger charge is -2.41. The molecule has 11 heteroatoms. The second-order valence-electron chi connectivity index (χ2n) is 10.2. The number of benzene rings is 1. The zero-order chi connectivity index (χ0) is 25.1. The summed E-state index contributed by atoms with van der Waals surface area (Å²) >= 11 is 2.03. The highest BCUT2D eigenvalue weighted by Crippen LogP contribution is 2.36. The van der Waals surface area contributed by atoms with Gasteiger partial charge in [-0.05, 0) is 81.3 Å². The van der Waals surface area contributed by atoms with E-state index in [1.54, 1.807) is 24.3 Å². The summed E-state index contributed by atoms with van der Waals surface area (Å²) in [5.74, 6) is 0.687. The van der Waals surface area contributed by atoms with Crippen molar-refractivity contribution in [2.45, 2.75) is 63.1 Å². The van der Waals surface area contributed by atoms with E-state index in [1.165, 1.54) is 10.3 Å². The molecule has 5 rings (SSSR count). The van der Waals surface area contributed by atoms with Gasteiger partial charge in [0.1, 0.15) is 17.7 Å². The van der Waals surface area contributed by atoms with Gasteiger partial charge in [0, 0.05) is 13.1 Å². The first kappa shape index (κ1) is 24.3. The quantitative estimate of drug-likeness (QED) is 0.412. The normalized spacial score (nSPS) is 20.5. The number of fused-ring (bicyclic) bond motifs is 3. The minimum Gasteiger partial charge on any atom is -0.444 e. The van der Waals surface area contributed by atoms with Crippen molar-refractivity contribution in [3.8, 4) is 0 Å². The number of aromatic nitrogens is 3. The first-order valence-corrected chi connectivity index (χ1v) is 14.1. The Balaban J connectivity index is 1.49. The molecule has 186 valence electrons. The van der Waals surface area contributed by atoms with E-state index in [-0.39, 0.29) is 23.1 Å². The fraction of sp³-hybridized carbons (Fsp3) is 0.458. The lowest BCUT2D eigenvalue weighted by molar-refractivity contribution is 0.0123. The van der Waals surface area contributed by atoms with Crippen LogP contribution in [0.5, 0.6) is 0 Å². The summed E-state index contributed by atoms with van der Waals surface area (Å²) in [5.41, 5.74) is 0.789. The van der Waals surface area contributed by atoms with Gasteiger partial charge in [0.2, 0.25) is 0 Å². The molecule has 1 amide bonds. The van der Waals surface area contributed by atoms with Crippen molar-refractivity contribution >= 4 is 55.6 Å². The van der Waals surface area contributed by atoms with E-state index in [0.29, 0.717) is 33.6 Å². The van der Waals surface area contributed by atoms with Crippen LogP contribution < -0.4 is 4.90 Å². The van der Waals surface area contributed by atoms with Crippen molar-refractivity contribution in [3.05, 3.63) is 45.9 Å². The van der Waals surface area contributed by atoms with Crippen molar-refractivity contribution in [1.82, 2.24) is 18.8 Å². The Hall–Kier alpha value is -2.41. The van der Waals surface area contributed by atoms with Gasteiger partial charge in [0.05, 0.1) is 26.1 Å². The molecule has 2 atom stereocenters. The van der Waals surface area contributed by atoms with Crippen molar-refractivity contribution in [3.63, 3.8) is 0 Å². The number of halogens is 1. The molecule has 1 aromatic carbocycles. The Morgan fingerprint density at radius 2 is 1.71 bits per heavy atom. The summed E-state index contributed by atoms with van der Waals surface area (Å²) in [4.78, 5) is 26.0. The average molecular weight is 609 g/mol. The van der Waals surface area contributed by atoms with Gasteiger partial charge < -0.3 is 9.64 Å². The van der Waals surface area contributed by atoms with Crippen LogP contribution in [0.15, 0.2) is 41.6 Å². The molecule has 0 radical (unpaired) electrons. The Bertz CT molecular complexity index is 1380. The Kier molecular flexibility index (Phi) is 5.98. The summed E-state index contributed by atoms with van der Waals surface area (Å²) < 4.78 is 34.5. The molecule has 2 aliphatic rings. The van der Waals surface area contributed by atoms with Crippen LogP contribution in [0.3, 0.4) is 0 Å². The molecule has 2 unspecified atom stereocenters. The molecule has 9 nitrogen and oxygen atoms in total. The van der Waals surface area contributed by atoms with E-state index in [4.69, 9.17) is 4.74 Å². The predicted molar refractivity (Wildman–Crippen MR) is 141 cm³/mol. The molecular weight excluding hydrogens is 581 g/mol. The van der Waals surface area contributed by atoms with E-state index in [2.05, 4.69) is 14.9 Å². The van der Waals surface area contributed by atoms with Gasteiger partial charge in [-0.2, -0.15) is 0 Å². The largest absolute Gasteiger partial charge is 0.444 e. The van der Waals surface area contributed by atoms with Crippen LogP contribution in [-0.4, -0.2) is 64.1 Å². The number of amides is 1. The number of hydrogen-bond donors (Lipinski definition) is 0. The highest BCUT2D eigenvalue weighted by molar-refractivity contribution is 14.1. The third kappa shape index (κ3) is 4.37. The molecule has 0 aliphatic carbocycles. The van der Waals surface area contributed by atoms with Crippen LogP contribution >= 0.6 is 22.6 Å². The standard InChI is InChI=1S/C24H28IN5O4S/c1-15-5-9-18(10-6-15)35(32,33)30-20(25)11-19-21(26-14-27-22(19)30)28-12-16-7-8-17(13-28)29(16)23(31)34-24(2,3)4/h5-6,9-11,14,16-17H,7-8,12-13H2,1-4H3. The molecule has 0 N–H and O–H groups in total. The highest BCUT2D eigenvalue weighted by Gasteiger charge is 2.45. The molecule has 35 heavy (non-hydrogen) atoms. The van der Waals surface area contributed by atoms with Crippen molar-refractivity contribution < 1.29 is 17.9 Å². The molecule has 4 heterocycles. The van der Waals surface area contributed by atoms with Gasteiger partial charge in [-0.1, -0.05) is 17.7 Å². The van der Waals surface area contributed by atoms with Crippen LogP contribution in [0, 0.1) is 10.6 Å². The van der Waals surface area contributed by atoms with E-state index < -0.39 is 15.6 Å². The summed E-state index contributed by atoms with van der Waals surface area (Å²) in [6, 6.07) is 8.65. The fourth-order valence-corrected chi connectivity index (χ4v) is 7.60. The van der Waals surface area contributed by atoms with Gasteiger partial charge in [0.15, 0.2) is 5.65 Å². The highest BCUT2D eigenvalue weighted by atomic mass is 127. The summed E-state index contributed by atoms with van der Waals surface area (Å²) in [7, 11) is -3.83. The maximum atomic E-state index is 13.5. The zero-order valence-corrected chi connectivity index (χ0v) is 23.1. The van der Waals surface area contributed by atoms with Crippen molar-refractivity contribution in [2.24, 2.45) is 0 Å². The second-order valence-corrected chi connectivity index (χ2v) is 13.1. The Labute approximate surface area is 218 Å². The average Bonchev–Trinajstić information content (AvgIpc) is 3.25.